The maximum atomic E-state index is 13.2. The van der Waals surface area contributed by atoms with Gasteiger partial charge >= 0.3 is 0 Å². The van der Waals surface area contributed by atoms with Gasteiger partial charge in [-0.2, -0.15) is 5.10 Å². The lowest BCUT2D eigenvalue weighted by atomic mass is 10.1. The molecule has 0 bridgehead atoms. The predicted octanol–water partition coefficient (Wildman–Crippen LogP) is 3.24. The molecule has 0 fully saturated rings. The first-order valence-corrected chi connectivity index (χ1v) is 9.47. The largest absolute Gasteiger partial charge is 0.497 e. The van der Waals surface area contributed by atoms with Crippen molar-refractivity contribution in [3.05, 3.63) is 77.4 Å². The number of guanidine groups is 1. The Bertz CT molecular complexity index is 966. The van der Waals surface area contributed by atoms with E-state index in [1.54, 1.807) is 20.2 Å². The third kappa shape index (κ3) is 5.57. The van der Waals surface area contributed by atoms with Crippen molar-refractivity contribution in [2.75, 3.05) is 20.7 Å². The van der Waals surface area contributed by atoms with Crippen LogP contribution in [0.4, 0.5) is 4.39 Å². The summed E-state index contributed by atoms with van der Waals surface area (Å²) in [6.45, 7) is 3.18. The first-order valence-electron chi connectivity index (χ1n) is 9.47. The van der Waals surface area contributed by atoms with Crippen molar-refractivity contribution in [2.24, 2.45) is 4.99 Å². The standard InChI is InChI=1S/C22H26FN5O/c1-16-14-18(23)5-4-17(16)10-12-25-22(24-2)26-15-19-11-13-28(27-19)20-6-8-21(29-3)9-7-20/h4-9,11,13-14H,10,12,15H2,1-3H3,(H2,24,25,26). The van der Waals surface area contributed by atoms with Gasteiger partial charge in [-0.15, -0.1) is 0 Å². The Kier molecular flexibility index (Phi) is 6.84. The molecule has 0 saturated heterocycles. The highest BCUT2D eigenvalue weighted by atomic mass is 19.1. The monoisotopic (exact) mass is 395 g/mol. The van der Waals surface area contributed by atoms with Gasteiger partial charge in [0.15, 0.2) is 5.96 Å². The minimum atomic E-state index is -0.203. The first kappa shape index (κ1) is 20.4. The van der Waals surface area contributed by atoms with E-state index in [2.05, 4.69) is 20.7 Å². The number of hydrogen-bond donors (Lipinski definition) is 2. The SMILES string of the molecule is CN=C(NCCc1ccc(F)cc1C)NCc1ccn(-c2ccc(OC)cc2)n1. The third-order valence-electron chi connectivity index (χ3n) is 4.63. The van der Waals surface area contributed by atoms with Crippen molar-refractivity contribution in [3.63, 3.8) is 0 Å². The molecule has 29 heavy (non-hydrogen) atoms. The molecule has 3 aromatic rings. The minimum absolute atomic E-state index is 0.203. The maximum absolute atomic E-state index is 13.2. The van der Waals surface area contributed by atoms with Crippen LogP contribution in [0, 0.1) is 12.7 Å². The van der Waals surface area contributed by atoms with E-state index >= 15 is 0 Å². The van der Waals surface area contributed by atoms with Crippen LogP contribution in [0.25, 0.3) is 5.69 Å². The van der Waals surface area contributed by atoms with Crippen LogP contribution < -0.4 is 15.4 Å². The molecule has 0 aliphatic heterocycles. The molecule has 3 rings (SSSR count). The van der Waals surface area contributed by atoms with Crippen LogP contribution in [0.5, 0.6) is 5.75 Å². The van der Waals surface area contributed by atoms with E-state index in [4.69, 9.17) is 4.74 Å². The van der Waals surface area contributed by atoms with E-state index < -0.39 is 0 Å². The van der Waals surface area contributed by atoms with Gasteiger partial charge in [0.05, 0.1) is 25.0 Å². The minimum Gasteiger partial charge on any atom is -0.497 e. The summed E-state index contributed by atoms with van der Waals surface area (Å²) < 4.78 is 20.2. The van der Waals surface area contributed by atoms with Gasteiger partial charge < -0.3 is 15.4 Å². The third-order valence-corrected chi connectivity index (χ3v) is 4.63. The molecule has 0 aliphatic rings. The Balaban J connectivity index is 1.49. The van der Waals surface area contributed by atoms with Crippen LogP contribution in [0.15, 0.2) is 59.7 Å². The number of nitrogens with one attached hydrogen (secondary N) is 2. The fraction of sp³-hybridized carbons (Fsp3) is 0.273. The molecule has 0 amide bonds. The van der Waals surface area contributed by atoms with Crippen molar-refractivity contribution in [2.45, 2.75) is 19.9 Å². The van der Waals surface area contributed by atoms with Crippen molar-refractivity contribution in [3.8, 4) is 11.4 Å². The first-order chi connectivity index (χ1) is 14.1. The molecule has 0 spiro atoms. The Morgan fingerprint density at radius 3 is 2.62 bits per heavy atom. The quantitative estimate of drug-likeness (QED) is 0.476. The average Bonchev–Trinajstić information content (AvgIpc) is 3.21. The van der Waals surface area contributed by atoms with E-state index in [0.717, 1.165) is 34.7 Å². The Morgan fingerprint density at radius 2 is 1.93 bits per heavy atom. The lowest BCUT2D eigenvalue weighted by Gasteiger charge is -2.12. The summed E-state index contributed by atoms with van der Waals surface area (Å²) in [5, 5.41) is 11.1. The molecule has 7 heteroatoms. The lowest BCUT2D eigenvalue weighted by molar-refractivity contribution is 0.414. The summed E-state index contributed by atoms with van der Waals surface area (Å²) in [5.74, 6) is 1.31. The number of aliphatic imine (C=N–C) groups is 1. The topological polar surface area (TPSA) is 63.5 Å². The summed E-state index contributed by atoms with van der Waals surface area (Å²) >= 11 is 0. The number of aromatic nitrogens is 2. The normalized spacial score (nSPS) is 11.4. The van der Waals surface area contributed by atoms with E-state index in [-0.39, 0.29) is 5.82 Å². The maximum Gasteiger partial charge on any atom is 0.191 e. The predicted molar refractivity (Wildman–Crippen MR) is 113 cm³/mol. The molecule has 6 nitrogen and oxygen atoms in total. The van der Waals surface area contributed by atoms with E-state index in [0.29, 0.717) is 19.0 Å². The highest BCUT2D eigenvalue weighted by molar-refractivity contribution is 5.79. The Morgan fingerprint density at radius 1 is 1.14 bits per heavy atom. The molecule has 152 valence electrons. The second-order valence-corrected chi connectivity index (χ2v) is 6.62. The molecule has 0 unspecified atom stereocenters. The molecule has 0 atom stereocenters. The zero-order chi connectivity index (χ0) is 20.6. The second kappa shape index (κ2) is 9.73. The fourth-order valence-electron chi connectivity index (χ4n) is 2.98. The van der Waals surface area contributed by atoms with Crippen LogP contribution in [-0.2, 0) is 13.0 Å². The number of ether oxygens (including phenoxy) is 1. The summed E-state index contributed by atoms with van der Waals surface area (Å²) in [5.41, 5.74) is 3.94. The Labute approximate surface area is 170 Å². The molecule has 0 radical (unpaired) electrons. The van der Waals surface area contributed by atoms with Crippen LogP contribution in [0.2, 0.25) is 0 Å². The zero-order valence-corrected chi connectivity index (χ0v) is 16.9. The lowest BCUT2D eigenvalue weighted by Crippen LogP contribution is -2.38. The number of nitrogens with zero attached hydrogens (tertiary/aromatic N) is 3. The van der Waals surface area contributed by atoms with Crippen molar-refractivity contribution >= 4 is 5.96 Å². The molecule has 1 heterocycles. The fourth-order valence-corrected chi connectivity index (χ4v) is 2.98. The smallest absolute Gasteiger partial charge is 0.191 e. The number of rotatable bonds is 7. The average molecular weight is 395 g/mol. The van der Waals surface area contributed by atoms with Gasteiger partial charge in [0.2, 0.25) is 0 Å². The van der Waals surface area contributed by atoms with Crippen LogP contribution in [0.1, 0.15) is 16.8 Å². The van der Waals surface area contributed by atoms with E-state index in [1.165, 1.54) is 6.07 Å². The van der Waals surface area contributed by atoms with E-state index in [9.17, 15) is 4.39 Å². The highest BCUT2D eigenvalue weighted by Gasteiger charge is 2.05. The van der Waals surface area contributed by atoms with Gasteiger partial charge in [-0.05, 0) is 66.9 Å². The zero-order valence-electron chi connectivity index (χ0n) is 16.9. The van der Waals surface area contributed by atoms with Gasteiger partial charge in [-0.3, -0.25) is 4.99 Å². The Hall–Kier alpha value is -3.35. The van der Waals surface area contributed by atoms with Gasteiger partial charge in [0, 0.05) is 19.8 Å². The number of benzene rings is 2. The van der Waals surface area contributed by atoms with Gasteiger partial charge in [-0.25, -0.2) is 9.07 Å². The molecule has 0 saturated carbocycles. The summed E-state index contributed by atoms with van der Waals surface area (Å²) in [7, 11) is 3.38. The molecule has 2 aromatic carbocycles. The number of aryl methyl sites for hydroxylation is 1. The van der Waals surface area contributed by atoms with Gasteiger partial charge in [-0.1, -0.05) is 6.07 Å². The molecule has 0 aliphatic carbocycles. The summed E-state index contributed by atoms with van der Waals surface area (Å²) in [6.07, 6.45) is 2.71. The number of hydrogen-bond acceptors (Lipinski definition) is 3. The number of methoxy groups -OCH3 is 1. The molecular formula is C22H26FN5O. The van der Waals surface area contributed by atoms with Crippen molar-refractivity contribution in [1.29, 1.82) is 0 Å². The van der Waals surface area contributed by atoms with Crippen molar-refractivity contribution in [1.82, 2.24) is 20.4 Å². The summed E-state index contributed by atoms with van der Waals surface area (Å²) in [4.78, 5) is 4.24. The van der Waals surface area contributed by atoms with Crippen LogP contribution >= 0.6 is 0 Å². The van der Waals surface area contributed by atoms with Gasteiger partial charge in [0.1, 0.15) is 11.6 Å². The van der Waals surface area contributed by atoms with E-state index in [1.807, 2.05) is 54.2 Å². The molecule has 1 aromatic heterocycles. The molecule has 2 N–H and O–H groups in total. The summed E-state index contributed by atoms with van der Waals surface area (Å²) in [6, 6.07) is 14.6. The second-order valence-electron chi connectivity index (χ2n) is 6.62. The van der Waals surface area contributed by atoms with Gasteiger partial charge in [0.25, 0.3) is 0 Å². The van der Waals surface area contributed by atoms with Crippen LogP contribution in [0.3, 0.4) is 0 Å². The van der Waals surface area contributed by atoms with Crippen LogP contribution in [-0.4, -0.2) is 36.4 Å². The molecular weight excluding hydrogens is 369 g/mol. The number of halogens is 1. The highest BCUT2D eigenvalue weighted by Crippen LogP contribution is 2.14. The van der Waals surface area contributed by atoms with Crippen molar-refractivity contribution < 1.29 is 9.13 Å².